The fourth-order valence-electron chi connectivity index (χ4n) is 1.07. The van der Waals surface area contributed by atoms with Crippen LogP contribution in [0.5, 0.6) is 0 Å². The van der Waals surface area contributed by atoms with Crippen LogP contribution < -0.4 is 0 Å². The van der Waals surface area contributed by atoms with Crippen molar-refractivity contribution in [2.45, 2.75) is 12.8 Å². The molecule has 0 fully saturated rings. The van der Waals surface area contributed by atoms with Crippen molar-refractivity contribution >= 4 is 5.97 Å². The predicted octanol–water partition coefficient (Wildman–Crippen LogP) is 1.28. The number of ether oxygens (including phenoxy) is 1. The topological polar surface area (TPSA) is 46.5 Å². The monoisotopic (exact) mass is 180 g/mol. The molecular formula is C10H12O3. The first-order valence-electron chi connectivity index (χ1n) is 4.08. The second kappa shape index (κ2) is 4.62. The van der Waals surface area contributed by atoms with Crippen molar-refractivity contribution < 1.29 is 14.6 Å². The van der Waals surface area contributed by atoms with Crippen molar-refractivity contribution in [1.29, 1.82) is 0 Å². The Hall–Kier alpha value is -1.35. The van der Waals surface area contributed by atoms with Crippen LogP contribution in [0.4, 0.5) is 0 Å². The SMILES string of the molecule is CC(C(=O)OCO)c1ccccc1. The van der Waals surface area contributed by atoms with E-state index in [2.05, 4.69) is 4.74 Å². The Kier molecular flexibility index (Phi) is 3.46. The number of hydrogen-bond donors (Lipinski definition) is 1. The van der Waals surface area contributed by atoms with Crippen LogP contribution in [-0.2, 0) is 9.53 Å². The summed E-state index contributed by atoms with van der Waals surface area (Å²) in [5, 5.41) is 8.39. The largest absolute Gasteiger partial charge is 0.438 e. The van der Waals surface area contributed by atoms with Crippen LogP contribution in [0, 0.1) is 0 Å². The van der Waals surface area contributed by atoms with Crippen LogP contribution in [0.25, 0.3) is 0 Å². The maximum atomic E-state index is 11.2. The van der Waals surface area contributed by atoms with E-state index in [1.807, 2.05) is 30.3 Å². The Labute approximate surface area is 77.0 Å². The number of carbonyl (C=O) groups excluding carboxylic acids is 1. The van der Waals surface area contributed by atoms with E-state index in [-0.39, 0.29) is 5.92 Å². The summed E-state index contributed by atoms with van der Waals surface area (Å²) in [5.41, 5.74) is 0.890. The Balaban J connectivity index is 2.68. The van der Waals surface area contributed by atoms with Crippen molar-refractivity contribution in [2.24, 2.45) is 0 Å². The zero-order valence-corrected chi connectivity index (χ0v) is 7.43. The number of carbonyl (C=O) groups is 1. The number of aliphatic hydroxyl groups excluding tert-OH is 1. The van der Waals surface area contributed by atoms with E-state index in [0.717, 1.165) is 5.56 Å². The molecule has 1 unspecified atom stereocenters. The first-order chi connectivity index (χ1) is 6.25. The highest BCUT2D eigenvalue weighted by Crippen LogP contribution is 2.15. The lowest BCUT2D eigenvalue weighted by Gasteiger charge is -2.09. The summed E-state index contributed by atoms with van der Waals surface area (Å²) in [7, 11) is 0. The molecule has 0 bridgehead atoms. The van der Waals surface area contributed by atoms with Crippen molar-refractivity contribution in [3.8, 4) is 0 Å². The third kappa shape index (κ3) is 2.56. The average molecular weight is 180 g/mol. The molecule has 0 aliphatic carbocycles. The van der Waals surface area contributed by atoms with Crippen LogP contribution in [0.1, 0.15) is 18.4 Å². The van der Waals surface area contributed by atoms with Gasteiger partial charge >= 0.3 is 5.97 Å². The lowest BCUT2D eigenvalue weighted by molar-refractivity contribution is -0.153. The number of rotatable bonds is 3. The maximum absolute atomic E-state index is 11.2. The van der Waals surface area contributed by atoms with E-state index in [1.54, 1.807) is 6.92 Å². The molecule has 0 heterocycles. The summed E-state index contributed by atoms with van der Waals surface area (Å²) in [6, 6.07) is 9.30. The first kappa shape index (κ1) is 9.74. The Bertz CT molecular complexity index is 269. The van der Waals surface area contributed by atoms with Gasteiger partial charge in [-0.3, -0.25) is 4.79 Å². The number of hydrogen-bond acceptors (Lipinski definition) is 3. The number of esters is 1. The Morgan fingerprint density at radius 2 is 2.08 bits per heavy atom. The normalized spacial score (nSPS) is 12.2. The smallest absolute Gasteiger partial charge is 0.315 e. The molecule has 0 aliphatic heterocycles. The minimum absolute atomic E-state index is 0.326. The van der Waals surface area contributed by atoms with Gasteiger partial charge in [0.2, 0.25) is 0 Å². The molecule has 1 aromatic carbocycles. The van der Waals surface area contributed by atoms with Crippen molar-refractivity contribution in [3.63, 3.8) is 0 Å². The molecule has 0 aliphatic rings. The standard InChI is InChI=1S/C10H12O3/c1-8(10(12)13-7-11)9-5-3-2-4-6-9/h2-6,8,11H,7H2,1H3. The fourth-order valence-corrected chi connectivity index (χ4v) is 1.07. The lowest BCUT2D eigenvalue weighted by atomic mass is 10.0. The van der Waals surface area contributed by atoms with Crippen LogP contribution in [0.2, 0.25) is 0 Å². The van der Waals surface area contributed by atoms with Gasteiger partial charge in [0.05, 0.1) is 5.92 Å². The van der Waals surface area contributed by atoms with Crippen LogP contribution >= 0.6 is 0 Å². The quantitative estimate of drug-likeness (QED) is 0.563. The fraction of sp³-hybridized carbons (Fsp3) is 0.300. The van der Waals surface area contributed by atoms with Crippen molar-refractivity contribution in [2.75, 3.05) is 6.79 Å². The van der Waals surface area contributed by atoms with Crippen molar-refractivity contribution in [1.82, 2.24) is 0 Å². The van der Waals surface area contributed by atoms with Gasteiger partial charge in [-0.05, 0) is 12.5 Å². The van der Waals surface area contributed by atoms with Gasteiger partial charge in [0.1, 0.15) is 0 Å². The second-order valence-corrected chi connectivity index (χ2v) is 2.72. The highest BCUT2D eigenvalue weighted by molar-refractivity contribution is 5.77. The molecule has 0 saturated heterocycles. The van der Waals surface area contributed by atoms with E-state index >= 15 is 0 Å². The molecule has 3 nitrogen and oxygen atoms in total. The molecule has 0 saturated carbocycles. The summed E-state index contributed by atoms with van der Waals surface area (Å²) in [4.78, 5) is 11.2. The molecule has 0 radical (unpaired) electrons. The van der Waals surface area contributed by atoms with Crippen molar-refractivity contribution in [3.05, 3.63) is 35.9 Å². The number of benzene rings is 1. The van der Waals surface area contributed by atoms with Gasteiger partial charge in [0.25, 0.3) is 0 Å². The molecular weight excluding hydrogens is 168 g/mol. The summed E-state index contributed by atoms with van der Waals surface area (Å²) in [5.74, 6) is -0.734. The summed E-state index contributed by atoms with van der Waals surface area (Å²) >= 11 is 0. The van der Waals surface area contributed by atoms with E-state index in [9.17, 15) is 4.79 Å². The van der Waals surface area contributed by atoms with E-state index in [0.29, 0.717) is 0 Å². The second-order valence-electron chi connectivity index (χ2n) is 2.72. The van der Waals surface area contributed by atoms with Crippen LogP contribution in [0.15, 0.2) is 30.3 Å². The zero-order chi connectivity index (χ0) is 9.68. The van der Waals surface area contributed by atoms with Crippen LogP contribution in [0.3, 0.4) is 0 Å². The summed E-state index contributed by atoms with van der Waals surface area (Å²) < 4.78 is 4.47. The minimum atomic E-state index is -0.560. The third-order valence-electron chi connectivity index (χ3n) is 1.86. The molecule has 0 spiro atoms. The van der Waals surface area contributed by atoms with Gasteiger partial charge in [0, 0.05) is 0 Å². The molecule has 70 valence electrons. The first-order valence-corrected chi connectivity index (χ1v) is 4.08. The van der Waals surface area contributed by atoms with Gasteiger partial charge in [0.15, 0.2) is 6.79 Å². The highest BCUT2D eigenvalue weighted by Gasteiger charge is 2.15. The molecule has 1 atom stereocenters. The van der Waals surface area contributed by atoms with E-state index in [1.165, 1.54) is 0 Å². The molecule has 0 aromatic heterocycles. The van der Waals surface area contributed by atoms with Crippen LogP contribution in [-0.4, -0.2) is 17.9 Å². The molecule has 3 heteroatoms. The lowest BCUT2D eigenvalue weighted by Crippen LogP contribution is -2.13. The summed E-state index contributed by atoms with van der Waals surface area (Å²) in [6.07, 6.45) is 0. The third-order valence-corrected chi connectivity index (χ3v) is 1.86. The van der Waals surface area contributed by atoms with E-state index in [4.69, 9.17) is 5.11 Å². The Morgan fingerprint density at radius 1 is 1.46 bits per heavy atom. The molecule has 1 rings (SSSR count). The molecule has 1 aromatic rings. The maximum Gasteiger partial charge on any atom is 0.315 e. The van der Waals surface area contributed by atoms with Gasteiger partial charge < -0.3 is 9.84 Å². The zero-order valence-electron chi connectivity index (χ0n) is 7.43. The highest BCUT2D eigenvalue weighted by atomic mass is 16.6. The Morgan fingerprint density at radius 3 is 2.62 bits per heavy atom. The van der Waals surface area contributed by atoms with Gasteiger partial charge in [-0.15, -0.1) is 0 Å². The van der Waals surface area contributed by atoms with Gasteiger partial charge in [-0.25, -0.2) is 0 Å². The minimum Gasteiger partial charge on any atom is -0.438 e. The molecule has 1 N–H and O–H groups in total. The van der Waals surface area contributed by atoms with Gasteiger partial charge in [-0.1, -0.05) is 30.3 Å². The predicted molar refractivity (Wildman–Crippen MR) is 48.0 cm³/mol. The van der Waals surface area contributed by atoms with E-state index < -0.39 is 12.8 Å². The van der Waals surface area contributed by atoms with Gasteiger partial charge in [-0.2, -0.15) is 0 Å². The summed E-state index contributed by atoms with van der Waals surface area (Å²) in [6.45, 7) is 1.18. The molecule has 13 heavy (non-hydrogen) atoms. The average Bonchev–Trinajstić information content (AvgIpc) is 2.18. The molecule has 0 amide bonds. The number of aliphatic hydroxyl groups is 1.